The number of ether oxygens (including phenoxy) is 1. The average molecular weight is 445 g/mol. The highest BCUT2D eigenvalue weighted by molar-refractivity contribution is 9.10. The number of esters is 1. The molecular formula is C19H23BrF2N2O3. The van der Waals surface area contributed by atoms with Crippen LogP contribution < -0.4 is 4.90 Å². The first-order valence-corrected chi connectivity index (χ1v) is 9.83. The van der Waals surface area contributed by atoms with E-state index in [-0.39, 0.29) is 12.0 Å². The summed E-state index contributed by atoms with van der Waals surface area (Å²) in [6, 6.07) is 0. The highest BCUT2D eigenvalue weighted by Gasteiger charge is 2.70. The van der Waals surface area contributed by atoms with Gasteiger partial charge >= 0.3 is 5.97 Å². The van der Waals surface area contributed by atoms with E-state index in [0.29, 0.717) is 47.5 Å². The summed E-state index contributed by atoms with van der Waals surface area (Å²) >= 11 is 3.48. The predicted octanol–water partition coefficient (Wildman–Crippen LogP) is 4.22. The number of Topliss-reactive ketones (excluding diaryl/α,β-unsaturated/α-hetero) is 1. The summed E-state index contributed by atoms with van der Waals surface area (Å²) in [5.41, 5.74) is 0.927. The molecule has 27 heavy (non-hydrogen) atoms. The van der Waals surface area contributed by atoms with E-state index in [1.807, 2.05) is 4.90 Å². The van der Waals surface area contributed by atoms with Gasteiger partial charge in [0.1, 0.15) is 0 Å². The Bertz CT molecular complexity index is 803. The number of nitrogens with zero attached hydrogens (tertiary/aromatic N) is 2. The van der Waals surface area contributed by atoms with Gasteiger partial charge in [0.05, 0.1) is 33.2 Å². The Morgan fingerprint density at radius 1 is 1.19 bits per heavy atom. The van der Waals surface area contributed by atoms with Gasteiger partial charge in [-0.1, -0.05) is 0 Å². The Hall–Kier alpha value is -1.57. The molecular weight excluding hydrogens is 422 g/mol. The van der Waals surface area contributed by atoms with Gasteiger partial charge in [0.15, 0.2) is 0 Å². The molecule has 148 valence electrons. The summed E-state index contributed by atoms with van der Waals surface area (Å²) < 4.78 is 33.0. The number of carbonyl (C=O) groups excluding carboxylic acids is 2. The maximum atomic E-state index is 13.7. The van der Waals surface area contributed by atoms with Crippen LogP contribution in [0.25, 0.3) is 0 Å². The fourth-order valence-corrected chi connectivity index (χ4v) is 4.37. The van der Waals surface area contributed by atoms with Crippen molar-refractivity contribution in [2.45, 2.75) is 59.0 Å². The number of anilines is 1. The van der Waals surface area contributed by atoms with Crippen molar-refractivity contribution in [3.8, 4) is 0 Å². The predicted molar refractivity (Wildman–Crippen MR) is 100 cm³/mol. The number of pyridine rings is 1. The van der Waals surface area contributed by atoms with Crippen LogP contribution in [-0.2, 0) is 9.53 Å². The molecule has 1 saturated carbocycles. The van der Waals surface area contributed by atoms with Gasteiger partial charge in [-0.2, -0.15) is 0 Å². The van der Waals surface area contributed by atoms with Gasteiger partial charge in [-0.15, -0.1) is 0 Å². The van der Waals surface area contributed by atoms with E-state index in [4.69, 9.17) is 4.74 Å². The van der Waals surface area contributed by atoms with Gasteiger partial charge in [0, 0.05) is 24.9 Å². The third-order valence-electron chi connectivity index (χ3n) is 5.46. The number of ketones is 1. The smallest absolute Gasteiger partial charge is 0.380 e. The molecule has 0 unspecified atom stereocenters. The van der Waals surface area contributed by atoms with Gasteiger partial charge in [-0.05, 0) is 56.5 Å². The Morgan fingerprint density at radius 2 is 1.74 bits per heavy atom. The molecule has 2 fully saturated rings. The first-order valence-electron chi connectivity index (χ1n) is 9.04. The molecule has 0 bridgehead atoms. The molecule has 5 nitrogen and oxygen atoms in total. The molecule has 1 saturated heterocycles. The van der Waals surface area contributed by atoms with Crippen LogP contribution in [0.3, 0.4) is 0 Å². The second-order valence-corrected chi connectivity index (χ2v) is 8.55. The molecule has 1 aliphatic heterocycles. The normalized spacial score (nSPS) is 20.1. The highest BCUT2D eigenvalue weighted by Crippen LogP contribution is 2.66. The summed E-state index contributed by atoms with van der Waals surface area (Å²) in [6.45, 7) is 7.60. The van der Waals surface area contributed by atoms with Crippen molar-refractivity contribution in [1.29, 1.82) is 0 Å². The largest absolute Gasteiger partial charge is 0.457 e. The van der Waals surface area contributed by atoms with Crippen molar-refractivity contribution in [1.82, 2.24) is 4.98 Å². The minimum Gasteiger partial charge on any atom is -0.457 e. The summed E-state index contributed by atoms with van der Waals surface area (Å²) in [6.07, 6.45) is 0.239. The summed E-state index contributed by atoms with van der Waals surface area (Å²) in [7, 11) is 0. The van der Waals surface area contributed by atoms with Crippen molar-refractivity contribution in [3.63, 3.8) is 0 Å². The number of carbonyl (C=O) groups is 2. The lowest BCUT2D eigenvalue weighted by atomic mass is 9.91. The Balaban J connectivity index is 1.95. The molecule has 0 N–H and O–H groups in total. The van der Waals surface area contributed by atoms with Gasteiger partial charge in [-0.25, -0.2) is 13.6 Å². The lowest BCUT2D eigenvalue weighted by Gasteiger charge is -2.36. The Labute approximate surface area is 165 Å². The van der Waals surface area contributed by atoms with Crippen molar-refractivity contribution >= 4 is 33.4 Å². The minimum absolute atomic E-state index is 0.0596. The van der Waals surface area contributed by atoms with Crippen LogP contribution in [0.2, 0.25) is 0 Å². The molecule has 1 aliphatic carbocycles. The fraction of sp³-hybridized carbons (Fsp3) is 0.632. The van der Waals surface area contributed by atoms with Crippen LogP contribution in [-0.4, -0.2) is 41.9 Å². The van der Waals surface area contributed by atoms with E-state index < -0.39 is 29.2 Å². The first-order chi connectivity index (χ1) is 12.5. The average Bonchev–Trinajstić information content (AvgIpc) is 3.10. The van der Waals surface area contributed by atoms with Crippen LogP contribution in [0.5, 0.6) is 0 Å². The third-order valence-corrected chi connectivity index (χ3v) is 6.41. The van der Waals surface area contributed by atoms with Crippen LogP contribution in [0.15, 0.2) is 4.47 Å². The maximum Gasteiger partial charge on any atom is 0.380 e. The van der Waals surface area contributed by atoms with E-state index >= 15 is 0 Å². The molecule has 1 aromatic rings. The van der Waals surface area contributed by atoms with Crippen LogP contribution >= 0.6 is 15.9 Å². The lowest BCUT2D eigenvalue weighted by molar-refractivity contribution is -0.141. The van der Waals surface area contributed by atoms with Crippen molar-refractivity contribution in [2.24, 2.45) is 5.41 Å². The number of hydrogen-bond acceptors (Lipinski definition) is 5. The number of rotatable bonds is 4. The molecule has 0 atom stereocenters. The second-order valence-electron chi connectivity index (χ2n) is 7.75. The van der Waals surface area contributed by atoms with Gasteiger partial charge in [-0.3, -0.25) is 9.78 Å². The number of aryl methyl sites for hydroxylation is 2. The molecule has 0 amide bonds. The number of aromatic nitrogens is 1. The zero-order chi connectivity index (χ0) is 20.1. The molecule has 2 aliphatic rings. The number of halogens is 3. The first kappa shape index (κ1) is 20.2. The summed E-state index contributed by atoms with van der Waals surface area (Å²) in [5, 5.41) is 0. The fourth-order valence-electron chi connectivity index (χ4n) is 3.83. The zero-order valence-electron chi connectivity index (χ0n) is 15.9. The molecule has 8 heteroatoms. The van der Waals surface area contributed by atoms with Crippen LogP contribution in [0.4, 0.5) is 14.5 Å². The van der Waals surface area contributed by atoms with Gasteiger partial charge in [0.2, 0.25) is 0 Å². The Kier molecular flexibility index (Phi) is 5.08. The summed E-state index contributed by atoms with van der Waals surface area (Å²) in [5.74, 6) is -4.28. The van der Waals surface area contributed by atoms with Crippen LogP contribution in [0.1, 0.15) is 54.9 Å². The molecule has 2 heterocycles. The quantitative estimate of drug-likeness (QED) is 0.395. The standard InChI is InChI=1S/C19H23BrF2N2O3/c1-10(2)27-17(26)16(25)13-11(3)23-12(4)14(20)15(13)24-7-5-18(6-8-24)9-19(18,21)22/h10H,5-9H2,1-4H3. The number of alkyl halides is 2. The van der Waals surface area contributed by atoms with E-state index in [1.165, 1.54) is 0 Å². The highest BCUT2D eigenvalue weighted by atomic mass is 79.9. The molecule has 1 spiro atoms. The molecule has 3 rings (SSSR count). The van der Waals surface area contributed by atoms with Crippen molar-refractivity contribution < 1.29 is 23.1 Å². The van der Waals surface area contributed by atoms with Crippen molar-refractivity contribution in [3.05, 3.63) is 21.4 Å². The van der Waals surface area contributed by atoms with E-state index in [0.717, 1.165) is 0 Å². The van der Waals surface area contributed by atoms with Crippen LogP contribution in [0, 0.1) is 19.3 Å². The zero-order valence-corrected chi connectivity index (χ0v) is 17.5. The number of hydrogen-bond donors (Lipinski definition) is 0. The number of piperidine rings is 1. The topological polar surface area (TPSA) is 59.5 Å². The third kappa shape index (κ3) is 3.48. The molecule has 0 aromatic carbocycles. The van der Waals surface area contributed by atoms with Crippen molar-refractivity contribution in [2.75, 3.05) is 18.0 Å². The molecule has 1 aromatic heterocycles. The Morgan fingerprint density at radius 3 is 2.22 bits per heavy atom. The lowest BCUT2D eigenvalue weighted by Crippen LogP contribution is -2.38. The van der Waals surface area contributed by atoms with E-state index in [1.54, 1.807) is 27.7 Å². The monoisotopic (exact) mass is 444 g/mol. The second kappa shape index (κ2) is 6.79. The SMILES string of the molecule is Cc1nc(C)c(C(=O)C(=O)OC(C)C)c(N2CCC3(CC2)CC3(F)F)c1Br. The van der Waals surface area contributed by atoms with E-state index in [9.17, 15) is 18.4 Å². The maximum absolute atomic E-state index is 13.7. The van der Waals surface area contributed by atoms with E-state index in [2.05, 4.69) is 20.9 Å². The minimum atomic E-state index is -2.58. The summed E-state index contributed by atoms with van der Waals surface area (Å²) in [4.78, 5) is 31.2. The molecule has 0 radical (unpaired) electrons. The van der Waals surface area contributed by atoms with Gasteiger partial charge in [0.25, 0.3) is 11.7 Å². The van der Waals surface area contributed by atoms with Gasteiger partial charge < -0.3 is 9.64 Å².